The number of hydrogen-bond acceptors (Lipinski definition) is 5. The van der Waals surface area contributed by atoms with Gasteiger partial charge in [0.05, 0.1) is 12.2 Å². The van der Waals surface area contributed by atoms with Gasteiger partial charge >= 0.3 is 6.18 Å². The van der Waals surface area contributed by atoms with Gasteiger partial charge in [-0.1, -0.05) is 11.2 Å². The fraction of sp³-hybridized carbons (Fsp3) is 0.167. The van der Waals surface area contributed by atoms with Gasteiger partial charge in [0.25, 0.3) is 11.8 Å². The Labute approximate surface area is 160 Å². The van der Waals surface area contributed by atoms with Crippen molar-refractivity contribution in [2.45, 2.75) is 12.2 Å². The molecular weight excluding hydrogens is 401 g/mol. The first-order chi connectivity index (χ1) is 13.7. The van der Waals surface area contributed by atoms with Crippen molar-refractivity contribution < 1.29 is 36.4 Å². The monoisotopic (exact) mass is 413 g/mol. The SMILES string of the molecule is O=C(NC(CO)c1nc(-c2ccc(C(F)(F)F)c(F)c2)no1)c1ccc(F)cc1. The molecule has 2 aromatic carbocycles. The van der Waals surface area contributed by atoms with E-state index in [1.54, 1.807) is 0 Å². The predicted molar refractivity (Wildman–Crippen MR) is 88.4 cm³/mol. The van der Waals surface area contributed by atoms with E-state index in [4.69, 9.17) is 4.52 Å². The van der Waals surface area contributed by atoms with Crippen LogP contribution in [0.4, 0.5) is 22.0 Å². The molecular formula is C18H12F5N3O3. The van der Waals surface area contributed by atoms with Crippen molar-refractivity contribution in [1.29, 1.82) is 0 Å². The lowest BCUT2D eigenvalue weighted by atomic mass is 10.1. The Balaban J connectivity index is 1.79. The summed E-state index contributed by atoms with van der Waals surface area (Å²) in [6.45, 7) is -0.643. The summed E-state index contributed by atoms with van der Waals surface area (Å²) in [5, 5.41) is 15.4. The number of alkyl halides is 3. The molecule has 1 amide bonds. The van der Waals surface area contributed by atoms with Gasteiger partial charge < -0.3 is 14.9 Å². The van der Waals surface area contributed by atoms with E-state index in [-0.39, 0.29) is 22.8 Å². The average Bonchev–Trinajstić information content (AvgIpc) is 3.15. The number of nitrogens with one attached hydrogen (secondary N) is 1. The number of aliphatic hydroxyl groups excluding tert-OH is 1. The minimum Gasteiger partial charge on any atom is -0.394 e. The van der Waals surface area contributed by atoms with Crippen molar-refractivity contribution in [2.24, 2.45) is 0 Å². The number of carbonyl (C=O) groups excluding carboxylic acids is 1. The highest BCUT2D eigenvalue weighted by molar-refractivity contribution is 5.94. The standard InChI is InChI=1S/C18H12F5N3O3/c19-11-4-1-9(2-5-11)16(28)24-14(8-27)17-25-15(26-29-17)10-3-6-12(13(20)7-10)18(21,22)23/h1-7,14,27H,8H2,(H,24,28). The molecule has 6 nitrogen and oxygen atoms in total. The van der Waals surface area contributed by atoms with Crippen LogP contribution in [0.3, 0.4) is 0 Å². The van der Waals surface area contributed by atoms with Gasteiger partial charge in [-0.15, -0.1) is 0 Å². The summed E-state index contributed by atoms with van der Waals surface area (Å²) in [5.41, 5.74) is -1.42. The van der Waals surface area contributed by atoms with E-state index in [9.17, 15) is 31.9 Å². The molecule has 0 radical (unpaired) electrons. The smallest absolute Gasteiger partial charge is 0.394 e. The number of halogens is 5. The highest BCUT2D eigenvalue weighted by Crippen LogP contribution is 2.33. The van der Waals surface area contributed by atoms with Crippen molar-refractivity contribution in [3.63, 3.8) is 0 Å². The minimum atomic E-state index is -4.85. The van der Waals surface area contributed by atoms with E-state index in [2.05, 4.69) is 15.5 Å². The van der Waals surface area contributed by atoms with E-state index in [0.717, 1.165) is 18.2 Å². The summed E-state index contributed by atoms with van der Waals surface area (Å²) in [7, 11) is 0. The fourth-order valence-corrected chi connectivity index (χ4v) is 2.41. The van der Waals surface area contributed by atoms with Gasteiger partial charge in [-0.2, -0.15) is 18.2 Å². The summed E-state index contributed by atoms with van der Waals surface area (Å²) in [6, 6.07) is 5.56. The van der Waals surface area contributed by atoms with Crippen LogP contribution in [0.2, 0.25) is 0 Å². The Hall–Kier alpha value is -3.34. The Bertz CT molecular complexity index is 1020. The normalized spacial score (nSPS) is 12.6. The third kappa shape index (κ3) is 4.57. The average molecular weight is 413 g/mol. The van der Waals surface area contributed by atoms with Crippen LogP contribution in [0.25, 0.3) is 11.4 Å². The molecule has 3 rings (SSSR count). The van der Waals surface area contributed by atoms with Crippen molar-refractivity contribution in [3.05, 3.63) is 71.1 Å². The summed E-state index contributed by atoms with van der Waals surface area (Å²) >= 11 is 0. The summed E-state index contributed by atoms with van der Waals surface area (Å²) < 4.78 is 69.5. The zero-order chi connectivity index (χ0) is 21.2. The van der Waals surface area contributed by atoms with Gasteiger partial charge in [0.15, 0.2) is 0 Å². The van der Waals surface area contributed by atoms with Crippen LogP contribution in [-0.2, 0) is 6.18 Å². The minimum absolute atomic E-state index is 0.0907. The number of hydrogen-bond donors (Lipinski definition) is 2. The molecule has 0 aliphatic rings. The lowest BCUT2D eigenvalue weighted by molar-refractivity contribution is -0.139. The highest BCUT2D eigenvalue weighted by atomic mass is 19.4. The van der Waals surface area contributed by atoms with Gasteiger partial charge in [-0.3, -0.25) is 4.79 Å². The second-order valence-corrected chi connectivity index (χ2v) is 5.86. The molecule has 1 heterocycles. The van der Waals surface area contributed by atoms with Gasteiger partial charge in [0.2, 0.25) is 5.82 Å². The van der Waals surface area contributed by atoms with Gasteiger partial charge in [0.1, 0.15) is 17.7 Å². The first-order valence-corrected chi connectivity index (χ1v) is 8.07. The summed E-state index contributed by atoms with van der Waals surface area (Å²) in [5.74, 6) is -3.19. The molecule has 0 spiro atoms. The van der Waals surface area contributed by atoms with E-state index < -0.39 is 41.9 Å². The van der Waals surface area contributed by atoms with Crippen LogP contribution >= 0.6 is 0 Å². The zero-order valence-electron chi connectivity index (χ0n) is 14.4. The third-order valence-electron chi connectivity index (χ3n) is 3.87. The Kier molecular flexibility index (Phi) is 5.59. The molecule has 1 unspecified atom stereocenters. The molecule has 0 saturated heterocycles. The van der Waals surface area contributed by atoms with Gasteiger partial charge in [0, 0.05) is 11.1 Å². The first kappa shape index (κ1) is 20.4. The second kappa shape index (κ2) is 7.95. The van der Waals surface area contributed by atoms with Crippen molar-refractivity contribution in [2.75, 3.05) is 6.61 Å². The summed E-state index contributed by atoms with van der Waals surface area (Å²) in [4.78, 5) is 16.0. The molecule has 1 atom stereocenters. The Morgan fingerprint density at radius 3 is 2.41 bits per heavy atom. The fourth-order valence-electron chi connectivity index (χ4n) is 2.41. The maximum atomic E-state index is 13.7. The van der Waals surface area contributed by atoms with Gasteiger partial charge in [-0.25, -0.2) is 8.78 Å². The molecule has 0 aliphatic carbocycles. The van der Waals surface area contributed by atoms with Crippen molar-refractivity contribution >= 4 is 5.91 Å². The van der Waals surface area contributed by atoms with Gasteiger partial charge in [-0.05, 0) is 36.4 Å². The van der Waals surface area contributed by atoms with E-state index >= 15 is 0 Å². The van der Waals surface area contributed by atoms with Crippen molar-refractivity contribution in [3.8, 4) is 11.4 Å². The zero-order valence-corrected chi connectivity index (χ0v) is 14.4. The molecule has 0 fully saturated rings. The largest absolute Gasteiger partial charge is 0.419 e. The van der Waals surface area contributed by atoms with E-state index in [1.165, 1.54) is 12.1 Å². The van der Waals surface area contributed by atoms with E-state index in [0.29, 0.717) is 12.1 Å². The quantitative estimate of drug-likeness (QED) is 0.626. The Morgan fingerprint density at radius 1 is 1.14 bits per heavy atom. The maximum absolute atomic E-state index is 13.7. The number of carbonyl (C=O) groups is 1. The number of benzene rings is 2. The van der Waals surface area contributed by atoms with E-state index in [1.807, 2.05) is 0 Å². The first-order valence-electron chi connectivity index (χ1n) is 8.07. The maximum Gasteiger partial charge on any atom is 0.419 e. The number of amides is 1. The number of rotatable bonds is 5. The molecule has 29 heavy (non-hydrogen) atoms. The topological polar surface area (TPSA) is 88.2 Å². The molecule has 3 aromatic rings. The van der Waals surface area contributed by atoms with Crippen LogP contribution in [0, 0.1) is 11.6 Å². The number of aromatic nitrogens is 2. The predicted octanol–water partition coefficient (Wildman–Crippen LogP) is 3.50. The lowest BCUT2D eigenvalue weighted by Crippen LogP contribution is -2.31. The molecule has 11 heteroatoms. The highest BCUT2D eigenvalue weighted by Gasteiger charge is 2.34. The van der Waals surface area contributed by atoms with Crippen LogP contribution < -0.4 is 5.32 Å². The molecule has 0 saturated carbocycles. The second-order valence-electron chi connectivity index (χ2n) is 5.86. The van der Waals surface area contributed by atoms with Crippen molar-refractivity contribution in [1.82, 2.24) is 15.5 Å². The molecule has 2 N–H and O–H groups in total. The lowest BCUT2D eigenvalue weighted by Gasteiger charge is -2.12. The summed E-state index contributed by atoms with van der Waals surface area (Å²) in [6.07, 6.45) is -4.85. The van der Waals surface area contributed by atoms with Crippen LogP contribution in [0.5, 0.6) is 0 Å². The molecule has 0 aliphatic heterocycles. The molecule has 152 valence electrons. The number of nitrogens with zero attached hydrogens (tertiary/aromatic N) is 2. The molecule has 1 aromatic heterocycles. The third-order valence-corrected chi connectivity index (χ3v) is 3.87. The van der Waals surface area contributed by atoms with Crippen LogP contribution in [0.15, 0.2) is 47.0 Å². The van der Waals surface area contributed by atoms with Crippen LogP contribution in [0.1, 0.15) is 27.9 Å². The number of aliphatic hydroxyl groups is 1. The van der Waals surface area contributed by atoms with Crippen LogP contribution in [-0.4, -0.2) is 27.8 Å². The Morgan fingerprint density at radius 2 is 1.83 bits per heavy atom. The molecule has 0 bridgehead atoms.